The fraction of sp³-hybridized carbons (Fsp3) is 0.300. The first-order chi connectivity index (χ1) is 13.2. The molecule has 0 bridgehead atoms. The minimum absolute atomic E-state index is 0.167. The van der Waals surface area contributed by atoms with Gasteiger partial charge in [-0.1, -0.05) is 18.2 Å². The summed E-state index contributed by atoms with van der Waals surface area (Å²) in [5, 5.41) is 8.42. The summed E-state index contributed by atoms with van der Waals surface area (Å²) in [6, 6.07) is 9.18. The molecule has 0 atom stereocenters. The number of pyridine rings is 1. The summed E-state index contributed by atoms with van der Waals surface area (Å²) in [7, 11) is 1.51. The van der Waals surface area contributed by atoms with Crippen LogP contribution in [0.15, 0.2) is 41.3 Å². The van der Waals surface area contributed by atoms with Crippen LogP contribution in [-0.4, -0.2) is 34.3 Å². The Labute approximate surface area is 156 Å². The predicted octanol–water partition coefficient (Wildman–Crippen LogP) is 1.72. The molecule has 0 aliphatic heterocycles. The molecule has 3 aromatic rings. The Morgan fingerprint density at radius 3 is 3.00 bits per heavy atom. The smallest absolute Gasteiger partial charge is 0.274 e. The molecule has 7 heteroatoms. The van der Waals surface area contributed by atoms with Crippen LogP contribution in [-0.2, 0) is 19.4 Å². The van der Waals surface area contributed by atoms with Crippen molar-refractivity contribution in [3.8, 4) is 5.88 Å². The zero-order valence-corrected chi connectivity index (χ0v) is 15.1. The molecule has 1 aliphatic rings. The molecule has 1 N–H and O–H groups in total. The maximum atomic E-state index is 12.6. The van der Waals surface area contributed by atoms with E-state index in [-0.39, 0.29) is 24.6 Å². The van der Waals surface area contributed by atoms with Crippen molar-refractivity contribution in [2.24, 2.45) is 0 Å². The monoisotopic (exact) mass is 364 g/mol. The summed E-state index contributed by atoms with van der Waals surface area (Å²) < 4.78 is 6.65. The Hall–Kier alpha value is -3.22. The lowest BCUT2D eigenvalue weighted by atomic mass is 10.1. The zero-order valence-electron chi connectivity index (χ0n) is 15.1. The molecule has 27 heavy (non-hydrogen) atoms. The van der Waals surface area contributed by atoms with Crippen molar-refractivity contribution in [3.05, 3.63) is 63.7 Å². The van der Waals surface area contributed by atoms with E-state index in [1.807, 2.05) is 24.3 Å². The number of hydrogen-bond donors (Lipinski definition) is 1. The molecule has 2 heterocycles. The van der Waals surface area contributed by atoms with Crippen molar-refractivity contribution in [3.63, 3.8) is 0 Å². The Morgan fingerprint density at radius 1 is 1.30 bits per heavy atom. The van der Waals surface area contributed by atoms with Crippen LogP contribution in [0.1, 0.15) is 28.0 Å². The number of methoxy groups -OCH3 is 1. The molecule has 7 nitrogen and oxygen atoms in total. The van der Waals surface area contributed by atoms with Crippen LogP contribution in [0.3, 0.4) is 0 Å². The number of nitrogens with zero attached hydrogens (tertiary/aromatic N) is 3. The fourth-order valence-electron chi connectivity index (χ4n) is 3.43. The first-order valence-electron chi connectivity index (χ1n) is 8.97. The van der Waals surface area contributed by atoms with Gasteiger partial charge < -0.3 is 10.1 Å². The number of nitrogens with one attached hydrogen (secondary N) is 1. The lowest BCUT2D eigenvalue weighted by Gasteiger charge is -2.11. The van der Waals surface area contributed by atoms with Crippen LogP contribution in [0, 0.1) is 0 Å². The van der Waals surface area contributed by atoms with Gasteiger partial charge in [0.2, 0.25) is 5.88 Å². The Balaban J connectivity index is 1.48. The molecular weight excluding hydrogens is 344 g/mol. The number of carbonyl (C=O) groups is 1. The summed E-state index contributed by atoms with van der Waals surface area (Å²) in [6.07, 6.45) is 4.56. The average molecular weight is 364 g/mol. The topological polar surface area (TPSA) is 86.1 Å². The third kappa shape index (κ3) is 3.28. The van der Waals surface area contributed by atoms with Crippen LogP contribution < -0.4 is 15.6 Å². The lowest BCUT2D eigenvalue weighted by Crippen LogP contribution is -2.32. The molecule has 1 aliphatic carbocycles. The van der Waals surface area contributed by atoms with Crippen LogP contribution in [0.4, 0.5) is 0 Å². The molecule has 138 valence electrons. The summed E-state index contributed by atoms with van der Waals surface area (Å²) in [5.41, 5.74) is 2.37. The van der Waals surface area contributed by atoms with Gasteiger partial charge in [0.25, 0.3) is 11.5 Å². The quantitative estimate of drug-likeness (QED) is 0.745. The van der Waals surface area contributed by atoms with Gasteiger partial charge in [-0.3, -0.25) is 9.59 Å². The average Bonchev–Trinajstić information content (AvgIpc) is 3.16. The number of benzene rings is 1. The second kappa shape index (κ2) is 7.19. The van der Waals surface area contributed by atoms with Gasteiger partial charge in [-0.15, -0.1) is 0 Å². The number of carbonyl (C=O) groups excluding carboxylic acids is 1. The Morgan fingerprint density at radius 2 is 2.15 bits per heavy atom. The normalized spacial score (nSPS) is 12.8. The molecule has 0 spiro atoms. The molecular formula is C20H20N4O3. The third-order valence-corrected chi connectivity index (χ3v) is 4.82. The predicted molar refractivity (Wildman–Crippen MR) is 101 cm³/mol. The maximum absolute atomic E-state index is 12.6. The SMILES string of the molecule is COc1nc2c(cc1C(=O)NCCn1ncc3ccccc3c1=O)CCC2. The van der Waals surface area contributed by atoms with Gasteiger partial charge in [-0.05, 0) is 37.0 Å². The minimum Gasteiger partial charge on any atom is -0.480 e. The summed E-state index contributed by atoms with van der Waals surface area (Å²) in [5.74, 6) is 0.0806. The molecule has 0 saturated heterocycles. The first-order valence-corrected chi connectivity index (χ1v) is 8.97. The highest BCUT2D eigenvalue weighted by molar-refractivity contribution is 5.96. The summed E-state index contributed by atoms with van der Waals surface area (Å²) >= 11 is 0. The van der Waals surface area contributed by atoms with Crippen LogP contribution >= 0.6 is 0 Å². The van der Waals surface area contributed by atoms with Gasteiger partial charge in [0, 0.05) is 17.6 Å². The molecule has 0 unspecified atom stereocenters. The summed E-state index contributed by atoms with van der Waals surface area (Å²) in [6.45, 7) is 0.570. The van der Waals surface area contributed by atoms with Crippen molar-refractivity contribution in [2.75, 3.05) is 13.7 Å². The van der Waals surface area contributed by atoms with Crippen LogP contribution in [0.2, 0.25) is 0 Å². The number of fused-ring (bicyclic) bond motifs is 2. The standard InChI is InChI=1S/C20H20N4O3/c1-27-19-16(11-13-6-4-8-17(13)23-19)18(25)21-9-10-24-20(26)15-7-3-2-5-14(15)12-22-24/h2-3,5,7,11-12H,4,6,8-10H2,1H3,(H,21,25). The Bertz CT molecular complexity index is 1070. The van der Waals surface area contributed by atoms with Crippen molar-refractivity contribution in [1.82, 2.24) is 20.1 Å². The van der Waals surface area contributed by atoms with E-state index in [0.29, 0.717) is 16.8 Å². The van der Waals surface area contributed by atoms with E-state index < -0.39 is 0 Å². The highest BCUT2D eigenvalue weighted by atomic mass is 16.5. The van der Waals surface area contributed by atoms with Gasteiger partial charge in [-0.2, -0.15) is 5.10 Å². The summed E-state index contributed by atoms with van der Waals surface area (Å²) in [4.78, 5) is 29.5. The lowest BCUT2D eigenvalue weighted by molar-refractivity contribution is 0.0948. The Kier molecular flexibility index (Phi) is 4.58. The third-order valence-electron chi connectivity index (χ3n) is 4.82. The van der Waals surface area contributed by atoms with Gasteiger partial charge in [0.1, 0.15) is 5.56 Å². The van der Waals surface area contributed by atoms with E-state index in [9.17, 15) is 9.59 Å². The van der Waals surface area contributed by atoms with Crippen molar-refractivity contribution < 1.29 is 9.53 Å². The van der Waals surface area contributed by atoms with Gasteiger partial charge in [0.15, 0.2) is 0 Å². The molecule has 4 rings (SSSR count). The zero-order chi connectivity index (χ0) is 18.8. The van der Waals surface area contributed by atoms with Gasteiger partial charge >= 0.3 is 0 Å². The minimum atomic E-state index is -0.261. The van der Waals surface area contributed by atoms with Crippen molar-refractivity contribution in [1.29, 1.82) is 0 Å². The second-order valence-electron chi connectivity index (χ2n) is 6.52. The van der Waals surface area contributed by atoms with Crippen LogP contribution in [0.25, 0.3) is 10.8 Å². The molecule has 0 saturated carbocycles. The maximum Gasteiger partial charge on any atom is 0.274 e. The highest BCUT2D eigenvalue weighted by Gasteiger charge is 2.20. The van der Waals surface area contributed by atoms with E-state index in [4.69, 9.17) is 4.74 Å². The molecule has 1 amide bonds. The number of amides is 1. The molecule has 2 aromatic heterocycles. The first kappa shape index (κ1) is 17.2. The van der Waals surface area contributed by atoms with Gasteiger partial charge in [-0.25, -0.2) is 9.67 Å². The molecule has 1 aromatic carbocycles. The number of ether oxygens (including phenoxy) is 1. The van der Waals surface area contributed by atoms with E-state index in [1.54, 1.807) is 12.3 Å². The number of hydrogen-bond acceptors (Lipinski definition) is 5. The second-order valence-corrected chi connectivity index (χ2v) is 6.52. The van der Waals surface area contributed by atoms with E-state index in [0.717, 1.165) is 35.9 Å². The number of rotatable bonds is 5. The molecule has 0 fully saturated rings. The van der Waals surface area contributed by atoms with Crippen LogP contribution in [0.5, 0.6) is 5.88 Å². The van der Waals surface area contributed by atoms with Crippen molar-refractivity contribution in [2.45, 2.75) is 25.8 Å². The van der Waals surface area contributed by atoms with Crippen molar-refractivity contribution >= 4 is 16.7 Å². The highest BCUT2D eigenvalue weighted by Crippen LogP contribution is 2.26. The fourth-order valence-corrected chi connectivity index (χ4v) is 3.43. The molecule has 0 radical (unpaired) electrons. The number of aryl methyl sites for hydroxylation is 2. The number of aromatic nitrogens is 3. The van der Waals surface area contributed by atoms with E-state index in [1.165, 1.54) is 11.8 Å². The van der Waals surface area contributed by atoms with Gasteiger partial charge in [0.05, 0.1) is 25.2 Å². The largest absolute Gasteiger partial charge is 0.480 e. The van der Waals surface area contributed by atoms with E-state index >= 15 is 0 Å². The van der Waals surface area contributed by atoms with E-state index in [2.05, 4.69) is 15.4 Å².